The third-order valence-electron chi connectivity index (χ3n) is 0.981. The van der Waals surface area contributed by atoms with Gasteiger partial charge < -0.3 is 0 Å². The molecule has 0 aromatic carbocycles. The van der Waals surface area contributed by atoms with Crippen LogP contribution in [0.1, 0.15) is 12.2 Å². The quantitative estimate of drug-likeness (QED) is 0.408. The Morgan fingerprint density at radius 1 is 1.73 bits per heavy atom. The number of aromatic nitrogens is 2. The SMILES string of the molecule is C#CCCSc1nc(C)ns1. The molecule has 0 unspecified atom stereocenters. The predicted octanol–water partition coefficient (Wildman–Crippen LogP) is 1.96. The zero-order chi connectivity index (χ0) is 8.10. The third kappa shape index (κ3) is 2.91. The lowest BCUT2D eigenvalue weighted by Crippen LogP contribution is -1.76. The van der Waals surface area contributed by atoms with Crippen molar-refractivity contribution in [1.29, 1.82) is 0 Å². The zero-order valence-electron chi connectivity index (χ0n) is 6.20. The minimum Gasteiger partial charge on any atom is -0.213 e. The van der Waals surface area contributed by atoms with Gasteiger partial charge in [-0.15, -0.1) is 12.3 Å². The minimum atomic E-state index is 0.795. The molecule has 0 aliphatic carbocycles. The normalized spacial score (nSPS) is 9.45. The van der Waals surface area contributed by atoms with Crippen LogP contribution in [-0.2, 0) is 0 Å². The fourth-order valence-electron chi connectivity index (χ4n) is 0.534. The molecule has 0 fully saturated rings. The van der Waals surface area contributed by atoms with Crippen LogP contribution < -0.4 is 0 Å². The number of rotatable bonds is 3. The van der Waals surface area contributed by atoms with Crippen molar-refractivity contribution < 1.29 is 0 Å². The standard InChI is InChI=1S/C7H8N2S2/c1-3-4-5-10-7-8-6(2)9-11-7/h1H,4-5H2,2H3. The highest BCUT2D eigenvalue weighted by molar-refractivity contribution is 8.00. The Hall–Kier alpha value is -0.530. The Kier molecular flexibility index (Phi) is 3.40. The monoisotopic (exact) mass is 184 g/mol. The van der Waals surface area contributed by atoms with Gasteiger partial charge in [0.2, 0.25) is 0 Å². The topological polar surface area (TPSA) is 25.8 Å². The van der Waals surface area contributed by atoms with Gasteiger partial charge in [0.25, 0.3) is 0 Å². The molecule has 2 nitrogen and oxygen atoms in total. The van der Waals surface area contributed by atoms with Gasteiger partial charge in [-0.2, -0.15) is 4.37 Å². The summed E-state index contributed by atoms with van der Waals surface area (Å²) in [4.78, 5) is 4.18. The van der Waals surface area contributed by atoms with Crippen LogP contribution in [0.3, 0.4) is 0 Å². The van der Waals surface area contributed by atoms with Crippen LogP contribution in [0.5, 0.6) is 0 Å². The molecule has 58 valence electrons. The van der Waals surface area contributed by atoms with E-state index >= 15 is 0 Å². The van der Waals surface area contributed by atoms with E-state index in [4.69, 9.17) is 6.42 Å². The van der Waals surface area contributed by atoms with E-state index in [1.54, 1.807) is 11.8 Å². The number of aryl methyl sites for hydroxylation is 1. The molecule has 0 aliphatic heterocycles. The predicted molar refractivity (Wildman–Crippen MR) is 48.8 cm³/mol. The molecule has 0 radical (unpaired) electrons. The van der Waals surface area contributed by atoms with Crippen molar-refractivity contribution in [1.82, 2.24) is 9.36 Å². The van der Waals surface area contributed by atoms with Gasteiger partial charge in [-0.1, -0.05) is 11.8 Å². The Morgan fingerprint density at radius 3 is 3.09 bits per heavy atom. The van der Waals surface area contributed by atoms with Crippen LogP contribution in [0.15, 0.2) is 4.34 Å². The van der Waals surface area contributed by atoms with Crippen LogP contribution in [0.2, 0.25) is 0 Å². The lowest BCUT2D eigenvalue weighted by atomic mass is 10.5. The van der Waals surface area contributed by atoms with Gasteiger partial charge in [0, 0.05) is 12.2 Å². The van der Waals surface area contributed by atoms with Gasteiger partial charge in [-0.3, -0.25) is 0 Å². The molecule has 0 aliphatic rings. The van der Waals surface area contributed by atoms with Gasteiger partial charge in [0.15, 0.2) is 4.34 Å². The van der Waals surface area contributed by atoms with E-state index in [9.17, 15) is 0 Å². The van der Waals surface area contributed by atoms with E-state index in [0.717, 1.165) is 22.3 Å². The molecule has 0 saturated heterocycles. The van der Waals surface area contributed by atoms with E-state index in [1.165, 1.54) is 11.5 Å². The molecule has 1 aromatic rings. The first kappa shape index (κ1) is 8.57. The Labute approximate surface area is 74.6 Å². The molecular weight excluding hydrogens is 176 g/mol. The highest BCUT2D eigenvalue weighted by Crippen LogP contribution is 2.19. The molecule has 0 saturated carbocycles. The van der Waals surface area contributed by atoms with Crippen LogP contribution in [-0.4, -0.2) is 15.1 Å². The molecule has 4 heteroatoms. The molecule has 1 aromatic heterocycles. The van der Waals surface area contributed by atoms with Gasteiger partial charge in [-0.05, 0) is 18.5 Å². The van der Waals surface area contributed by atoms with E-state index in [0.29, 0.717) is 0 Å². The summed E-state index contributed by atoms with van der Waals surface area (Å²) in [6.07, 6.45) is 5.90. The van der Waals surface area contributed by atoms with E-state index < -0.39 is 0 Å². The maximum atomic E-state index is 5.10. The van der Waals surface area contributed by atoms with Crippen molar-refractivity contribution in [2.24, 2.45) is 0 Å². The minimum absolute atomic E-state index is 0.795. The molecular formula is C7H8N2S2. The van der Waals surface area contributed by atoms with Crippen LogP contribution >= 0.6 is 23.3 Å². The lowest BCUT2D eigenvalue weighted by molar-refractivity contribution is 1.10. The summed E-state index contributed by atoms with van der Waals surface area (Å²) >= 11 is 3.10. The first-order valence-corrected chi connectivity index (χ1v) is 4.95. The number of hydrogen-bond donors (Lipinski definition) is 0. The fraction of sp³-hybridized carbons (Fsp3) is 0.429. The first-order valence-electron chi connectivity index (χ1n) is 3.19. The molecule has 11 heavy (non-hydrogen) atoms. The van der Waals surface area contributed by atoms with Crippen LogP contribution in [0.4, 0.5) is 0 Å². The summed E-state index contributed by atoms with van der Waals surface area (Å²) < 4.78 is 5.07. The second-order valence-electron chi connectivity index (χ2n) is 1.91. The number of nitrogens with zero attached hydrogens (tertiary/aromatic N) is 2. The number of terminal acetylenes is 1. The van der Waals surface area contributed by atoms with Gasteiger partial charge in [-0.25, -0.2) is 4.98 Å². The Morgan fingerprint density at radius 2 is 2.55 bits per heavy atom. The van der Waals surface area contributed by atoms with Crippen molar-refractivity contribution in [2.45, 2.75) is 17.7 Å². The van der Waals surface area contributed by atoms with Crippen molar-refractivity contribution in [3.05, 3.63) is 5.82 Å². The average Bonchev–Trinajstić information content (AvgIpc) is 2.37. The summed E-state index contributed by atoms with van der Waals surface area (Å²) in [6, 6.07) is 0. The summed E-state index contributed by atoms with van der Waals surface area (Å²) in [5.41, 5.74) is 0. The van der Waals surface area contributed by atoms with E-state index in [2.05, 4.69) is 15.3 Å². The highest BCUT2D eigenvalue weighted by atomic mass is 32.2. The van der Waals surface area contributed by atoms with Crippen LogP contribution in [0.25, 0.3) is 0 Å². The van der Waals surface area contributed by atoms with Crippen molar-refractivity contribution in [3.63, 3.8) is 0 Å². The van der Waals surface area contributed by atoms with Gasteiger partial charge in [0.1, 0.15) is 5.82 Å². The maximum Gasteiger partial charge on any atom is 0.170 e. The second kappa shape index (κ2) is 4.37. The number of thioether (sulfide) groups is 1. The molecule has 0 atom stereocenters. The Bertz CT molecular complexity index is 262. The molecule has 1 heterocycles. The third-order valence-corrected chi connectivity index (χ3v) is 2.91. The van der Waals surface area contributed by atoms with Crippen LogP contribution in [0, 0.1) is 19.3 Å². The summed E-state index contributed by atoms with van der Waals surface area (Å²) in [6.45, 7) is 1.89. The number of hydrogen-bond acceptors (Lipinski definition) is 4. The first-order chi connectivity index (χ1) is 5.33. The molecule has 1 rings (SSSR count). The second-order valence-corrected chi connectivity index (χ2v) is 4.00. The lowest BCUT2D eigenvalue weighted by Gasteiger charge is -1.88. The molecule has 0 amide bonds. The largest absolute Gasteiger partial charge is 0.213 e. The van der Waals surface area contributed by atoms with Crippen molar-refractivity contribution in [3.8, 4) is 12.3 Å². The van der Waals surface area contributed by atoms with Gasteiger partial charge >= 0.3 is 0 Å². The van der Waals surface area contributed by atoms with E-state index in [-0.39, 0.29) is 0 Å². The van der Waals surface area contributed by atoms with Crippen molar-refractivity contribution >= 4 is 23.3 Å². The van der Waals surface area contributed by atoms with Crippen molar-refractivity contribution in [2.75, 3.05) is 5.75 Å². The summed E-state index contributed by atoms with van der Waals surface area (Å²) in [5, 5.41) is 0. The van der Waals surface area contributed by atoms with Gasteiger partial charge in [0.05, 0.1) is 0 Å². The highest BCUT2D eigenvalue weighted by Gasteiger charge is 1.98. The smallest absolute Gasteiger partial charge is 0.170 e. The fourth-order valence-corrected chi connectivity index (χ4v) is 2.12. The van der Waals surface area contributed by atoms with E-state index in [1.807, 2.05) is 6.92 Å². The Balaban J connectivity index is 2.34. The zero-order valence-corrected chi connectivity index (χ0v) is 7.84. The summed E-state index contributed by atoms with van der Waals surface area (Å²) in [7, 11) is 0. The molecule has 0 N–H and O–H groups in total. The molecule has 0 spiro atoms. The summed E-state index contributed by atoms with van der Waals surface area (Å²) in [5.74, 6) is 4.36. The average molecular weight is 184 g/mol. The maximum absolute atomic E-state index is 5.10. The molecule has 0 bridgehead atoms.